The van der Waals surface area contributed by atoms with Gasteiger partial charge in [0.1, 0.15) is 9.84 Å². The number of rotatable bonds is 6. The molecule has 1 amide bonds. The topological polar surface area (TPSA) is 57.7 Å². The van der Waals surface area contributed by atoms with Gasteiger partial charge in [0.25, 0.3) is 0 Å². The molecule has 1 saturated heterocycles. The van der Waals surface area contributed by atoms with Crippen LogP contribution < -0.4 is 0 Å². The molecule has 0 radical (unpaired) electrons. The first-order valence-electron chi connectivity index (χ1n) is 7.86. The number of piperazine rings is 1. The van der Waals surface area contributed by atoms with Crippen LogP contribution in [0.1, 0.15) is 6.92 Å². The highest BCUT2D eigenvalue weighted by Gasteiger charge is 2.25. The fraction of sp³-hybridized carbons (Fsp3) is 0.562. The third-order valence-corrected chi connectivity index (χ3v) is 6.49. The minimum absolute atomic E-state index is 0.131. The van der Waals surface area contributed by atoms with Crippen LogP contribution in [0.2, 0.25) is 0 Å². The summed E-state index contributed by atoms with van der Waals surface area (Å²) in [5, 5.41) is -0.131. The van der Waals surface area contributed by atoms with Gasteiger partial charge < -0.3 is 4.90 Å². The number of amides is 1. The summed E-state index contributed by atoms with van der Waals surface area (Å²) < 4.78 is 23.5. The highest BCUT2D eigenvalue weighted by atomic mass is 79.9. The van der Waals surface area contributed by atoms with Crippen molar-refractivity contribution in [3.8, 4) is 0 Å². The average Bonchev–Trinajstić information content (AvgIpc) is 2.54. The Labute approximate surface area is 156 Å². The smallest absolute Gasteiger partial charge is 0.235 e. The standard InChI is InChI=1S/C16H23BrN2O3S2/c1-13(23-15-5-3-14(17)4-6-15)16(20)19-9-7-18(8-10-19)11-12-24(2,21)22/h3-6,13H,7-12H2,1-2H3. The zero-order chi connectivity index (χ0) is 17.7. The third kappa shape index (κ3) is 6.38. The van der Waals surface area contributed by atoms with E-state index in [1.807, 2.05) is 36.1 Å². The second-order valence-electron chi connectivity index (χ2n) is 6.01. The molecule has 0 aromatic heterocycles. The van der Waals surface area contributed by atoms with E-state index in [0.717, 1.165) is 22.5 Å². The molecular weight excluding hydrogens is 412 g/mol. The molecule has 0 bridgehead atoms. The third-order valence-electron chi connectivity index (χ3n) is 3.94. The maximum atomic E-state index is 12.6. The van der Waals surface area contributed by atoms with Crippen molar-refractivity contribution in [3.63, 3.8) is 0 Å². The quantitative estimate of drug-likeness (QED) is 0.641. The number of carbonyl (C=O) groups is 1. The molecule has 2 rings (SSSR count). The largest absolute Gasteiger partial charge is 0.339 e. The molecule has 1 fully saturated rings. The molecule has 24 heavy (non-hydrogen) atoms. The molecule has 1 unspecified atom stereocenters. The van der Waals surface area contributed by atoms with Gasteiger partial charge in [0.05, 0.1) is 11.0 Å². The van der Waals surface area contributed by atoms with Crippen molar-refractivity contribution in [3.05, 3.63) is 28.7 Å². The molecule has 0 saturated carbocycles. The lowest BCUT2D eigenvalue weighted by molar-refractivity contribution is -0.132. The zero-order valence-corrected chi connectivity index (χ0v) is 17.2. The lowest BCUT2D eigenvalue weighted by Crippen LogP contribution is -2.51. The molecule has 1 heterocycles. The first kappa shape index (κ1) is 19.8. The minimum Gasteiger partial charge on any atom is -0.339 e. The summed E-state index contributed by atoms with van der Waals surface area (Å²) in [5.74, 6) is 0.321. The number of hydrogen-bond acceptors (Lipinski definition) is 5. The van der Waals surface area contributed by atoms with E-state index in [4.69, 9.17) is 0 Å². The first-order valence-corrected chi connectivity index (χ1v) is 11.6. The predicted octanol–water partition coefficient (Wildman–Crippen LogP) is 2.12. The highest BCUT2D eigenvalue weighted by Crippen LogP contribution is 2.26. The van der Waals surface area contributed by atoms with Crippen LogP contribution in [-0.4, -0.2) is 74.1 Å². The monoisotopic (exact) mass is 434 g/mol. The van der Waals surface area contributed by atoms with E-state index >= 15 is 0 Å². The Morgan fingerprint density at radius 2 is 1.79 bits per heavy atom. The normalized spacial score (nSPS) is 17.7. The van der Waals surface area contributed by atoms with Gasteiger partial charge in [-0.1, -0.05) is 15.9 Å². The zero-order valence-electron chi connectivity index (χ0n) is 13.9. The van der Waals surface area contributed by atoms with Crippen molar-refractivity contribution in [2.45, 2.75) is 17.1 Å². The number of nitrogens with zero attached hydrogens (tertiary/aromatic N) is 2. The van der Waals surface area contributed by atoms with Gasteiger partial charge in [-0.25, -0.2) is 8.42 Å². The molecule has 8 heteroatoms. The SMILES string of the molecule is CC(Sc1ccc(Br)cc1)C(=O)N1CCN(CCS(C)(=O)=O)CC1. The minimum atomic E-state index is -2.93. The fourth-order valence-corrected chi connectivity index (χ4v) is 4.32. The number of carbonyl (C=O) groups excluding carboxylic acids is 1. The Kier molecular flexibility index (Phi) is 7.15. The molecular formula is C16H23BrN2O3S2. The van der Waals surface area contributed by atoms with Gasteiger partial charge in [0.2, 0.25) is 5.91 Å². The van der Waals surface area contributed by atoms with Crippen LogP contribution in [0.3, 0.4) is 0 Å². The summed E-state index contributed by atoms with van der Waals surface area (Å²) in [7, 11) is -2.93. The van der Waals surface area contributed by atoms with E-state index < -0.39 is 9.84 Å². The van der Waals surface area contributed by atoms with Crippen LogP contribution in [0.15, 0.2) is 33.6 Å². The van der Waals surface area contributed by atoms with Crippen LogP contribution in [0, 0.1) is 0 Å². The number of benzene rings is 1. The van der Waals surface area contributed by atoms with Gasteiger partial charge >= 0.3 is 0 Å². The van der Waals surface area contributed by atoms with Crippen LogP contribution in [0.5, 0.6) is 0 Å². The first-order chi connectivity index (χ1) is 11.2. The lowest BCUT2D eigenvalue weighted by Gasteiger charge is -2.35. The summed E-state index contributed by atoms with van der Waals surface area (Å²) in [5.41, 5.74) is 0. The molecule has 0 N–H and O–H groups in total. The van der Waals surface area contributed by atoms with Crippen molar-refractivity contribution in [2.24, 2.45) is 0 Å². The summed E-state index contributed by atoms with van der Waals surface area (Å²) in [4.78, 5) is 17.6. The van der Waals surface area contributed by atoms with Gasteiger partial charge in [-0.2, -0.15) is 0 Å². The number of halogens is 1. The number of hydrogen-bond donors (Lipinski definition) is 0. The van der Waals surface area contributed by atoms with Crippen LogP contribution in [0.25, 0.3) is 0 Å². The van der Waals surface area contributed by atoms with Crippen molar-refractivity contribution in [1.82, 2.24) is 9.80 Å². The maximum absolute atomic E-state index is 12.6. The van der Waals surface area contributed by atoms with Gasteiger partial charge in [-0.3, -0.25) is 9.69 Å². The van der Waals surface area contributed by atoms with Crippen molar-refractivity contribution >= 4 is 43.4 Å². The van der Waals surface area contributed by atoms with E-state index in [1.54, 1.807) is 11.8 Å². The van der Waals surface area contributed by atoms with Crippen LogP contribution >= 0.6 is 27.7 Å². The van der Waals surface area contributed by atoms with E-state index in [0.29, 0.717) is 19.6 Å². The lowest BCUT2D eigenvalue weighted by atomic mass is 10.3. The van der Waals surface area contributed by atoms with E-state index in [-0.39, 0.29) is 16.9 Å². The molecule has 1 aromatic carbocycles. The number of sulfone groups is 1. The van der Waals surface area contributed by atoms with Crippen LogP contribution in [-0.2, 0) is 14.6 Å². The van der Waals surface area contributed by atoms with Crippen molar-refractivity contribution < 1.29 is 13.2 Å². The van der Waals surface area contributed by atoms with Gasteiger partial charge in [0, 0.05) is 48.3 Å². The molecule has 1 aromatic rings. The second kappa shape index (κ2) is 8.69. The molecule has 0 aliphatic carbocycles. The second-order valence-corrected chi connectivity index (χ2v) is 10.6. The summed E-state index contributed by atoms with van der Waals surface area (Å²) in [6.45, 7) is 5.27. The molecule has 5 nitrogen and oxygen atoms in total. The average molecular weight is 435 g/mol. The Balaban J connectivity index is 1.80. The predicted molar refractivity (Wildman–Crippen MR) is 102 cm³/mol. The Morgan fingerprint density at radius 1 is 1.21 bits per heavy atom. The summed E-state index contributed by atoms with van der Waals surface area (Å²) in [6, 6.07) is 7.95. The molecule has 1 aliphatic heterocycles. The van der Waals surface area contributed by atoms with Crippen molar-refractivity contribution in [2.75, 3.05) is 44.7 Å². The van der Waals surface area contributed by atoms with Crippen molar-refractivity contribution in [1.29, 1.82) is 0 Å². The highest BCUT2D eigenvalue weighted by molar-refractivity contribution is 9.10. The molecule has 0 spiro atoms. The Bertz CT molecular complexity index is 656. The Morgan fingerprint density at radius 3 is 2.33 bits per heavy atom. The summed E-state index contributed by atoms with van der Waals surface area (Å²) >= 11 is 4.97. The molecule has 1 atom stereocenters. The summed E-state index contributed by atoms with van der Waals surface area (Å²) in [6.07, 6.45) is 1.26. The van der Waals surface area contributed by atoms with Gasteiger partial charge in [-0.05, 0) is 31.2 Å². The fourth-order valence-electron chi connectivity index (χ4n) is 2.51. The molecule has 1 aliphatic rings. The van der Waals surface area contributed by atoms with Gasteiger partial charge in [0.15, 0.2) is 0 Å². The van der Waals surface area contributed by atoms with E-state index in [9.17, 15) is 13.2 Å². The van der Waals surface area contributed by atoms with Gasteiger partial charge in [-0.15, -0.1) is 11.8 Å². The number of thioether (sulfide) groups is 1. The molecule has 134 valence electrons. The van der Waals surface area contributed by atoms with E-state index in [2.05, 4.69) is 20.8 Å². The maximum Gasteiger partial charge on any atom is 0.235 e. The van der Waals surface area contributed by atoms with E-state index in [1.165, 1.54) is 6.26 Å². The van der Waals surface area contributed by atoms with Crippen LogP contribution in [0.4, 0.5) is 0 Å². The Hall–Kier alpha value is -0.570.